The molecule has 0 bridgehead atoms. The molecule has 4 aromatic heterocycles. The van der Waals surface area contributed by atoms with Crippen LogP contribution in [-0.2, 0) is 6.54 Å². The fraction of sp³-hybridized carbons (Fsp3) is 0.375. The Balaban J connectivity index is 1.61. The van der Waals surface area contributed by atoms with E-state index in [-0.39, 0.29) is 5.91 Å². The maximum Gasteiger partial charge on any atom is 0.272 e. The Hall–Kier alpha value is -3.73. The van der Waals surface area contributed by atoms with E-state index in [1.54, 1.807) is 24.7 Å². The van der Waals surface area contributed by atoms with E-state index in [9.17, 15) is 10.1 Å². The van der Waals surface area contributed by atoms with Crippen molar-refractivity contribution in [3.8, 4) is 17.5 Å². The normalized spacial score (nSPS) is 14.6. The number of likely N-dealkylation sites (tertiary alicyclic amines) is 1. The van der Waals surface area contributed by atoms with Crippen molar-refractivity contribution in [1.82, 2.24) is 29.0 Å². The van der Waals surface area contributed by atoms with Gasteiger partial charge >= 0.3 is 0 Å². The zero-order valence-corrected chi connectivity index (χ0v) is 18.2. The zero-order valence-electron chi connectivity index (χ0n) is 18.2. The molecule has 162 valence electrons. The maximum atomic E-state index is 13.1. The molecular formula is C24H25N7O. The molecule has 1 aliphatic heterocycles. The number of aromatic nitrogens is 5. The van der Waals surface area contributed by atoms with Gasteiger partial charge < -0.3 is 4.90 Å². The first-order valence-corrected chi connectivity index (χ1v) is 11.2. The lowest BCUT2D eigenvalue weighted by molar-refractivity contribution is 0.0756. The van der Waals surface area contributed by atoms with Crippen molar-refractivity contribution in [1.29, 1.82) is 5.26 Å². The van der Waals surface area contributed by atoms with Crippen LogP contribution in [0.3, 0.4) is 0 Å². The van der Waals surface area contributed by atoms with Crippen LogP contribution in [0.1, 0.15) is 55.1 Å². The molecule has 5 rings (SSSR count). The molecule has 0 atom stereocenters. The number of carbonyl (C=O) groups excluding carboxylic acids is 1. The van der Waals surface area contributed by atoms with Gasteiger partial charge in [-0.15, -0.1) is 0 Å². The first-order valence-electron chi connectivity index (χ1n) is 11.2. The van der Waals surface area contributed by atoms with Crippen molar-refractivity contribution in [3.63, 3.8) is 0 Å². The lowest BCUT2D eigenvalue weighted by atomic mass is 10.2. The average Bonchev–Trinajstić information content (AvgIpc) is 3.27. The molecule has 0 aliphatic carbocycles. The standard InChI is InChI=1S/C24H25N7O/c1-2-9-31-20-12-19(24(32)29-10-5-3-4-6-11-29)26-14-18(20)23(28-31)21-15-27-22-8-7-17(13-25)16-30(21)22/h7-8,12,14-16H,2-6,9-11H2,1H3. The van der Waals surface area contributed by atoms with E-state index in [2.05, 4.69) is 23.0 Å². The molecule has 1 fully saturated rings. The molecule has 0 spiro atoms. The Kier molecular flexibility index (Phi) is 5.31. The number of nitriles is 1. The highest BCUT2D eigenvalue weighted by Crippen LogP contribution is 2.29. The Bertz CT molecular complexity index is 1340. The Morgan fingerprint density at radius 1 is 1.12 bits per heavy atom. The van der Waals surface area contributed by atoms with Gasteiger partial charge in [-0.2, -0.15) is 10.4 Å². The van der Waals surface area contributed by atoms with Crippen molar-refractivity contribution >= 4 is 22.5 Å². The molecule has 8 heteroatoms. The summed E-state index contributed by atoms with van der Waals surface area (Å²) < 4.78 is 3.83. The molecule has 0 N–H and O–H groups in total. The van der Waals surface area contributed by atoms with Crippen LogP contribution < -0.4 is 0 Å². The number of hydrogen-bond acceptors (Lipinski definition) is 5. The maximum absolute atomic E-state index is 13.1. The quantitative estimate of drug-likeness (QED) is 0.490. The van der Waals surface area contributed by atoms with E-state index in [1.807, 2.05) is 26.1 Å². The highest BCUT2D eigenvalue weighted by atomic mass is 16.2. The predicted molar refractivity (Wildman–Crippen MR) is 121 cm³/mol. The van der Waals surface area contributed by atoms with E-state index in [4.69, 9.17) is 5.10 Å². The number of fused-ring (bicyclic) bond motifs is 2. The van der Waals surface area contributed by atoms with Crippen LogP contribution in [0.25, 0.3) is 27.9 Å². The van der Waals surface area contributed by atoms with Gasteiger partial charge in [0.2, 0.25) is 0 Å². The highest BCUT2D eigenvalue weighted by Gasteiger charge is 2.22. The molecular weight excluding hydrogens is 402 g/mol. The summed E-state index contributed by atoms with van der Waals surface area (Å²) in [6, 6.07) is 7.63. The second-order valence-corrected chi connectivity index (χ2v) is 8.27. The fourth-order valence-electron chi connectivity index (χ4n) is 4.42. The second-order valence-electron chi connectivity index (χ2n) is 8.27. The summed E-state index contributed by atoms with van der Waals surface area (Å²) in [6.45, 7) is 4.42. The minimum absolute atomic E-state index is 0.00642. The Morgan fingerprint density at radius 2 is 1.94 bits per heavy atom. The van der Waals surface area contributed by atoms with Crippen LogP contribution in [0.2, 0.25) is 0 Å². The van der Waals surface area contributed by atoms with Crippen LogP contribution in [0, 0.1) is 11.3 Å². The summed E-state index contributed by atoms with van der Waals surface area (Å²) >= 11 is 0. The van der Waals surface area contributed by atoms with Gasteiger partial charge in [0.05, 0.1) is 23.0 Å². The van der Waals surface area contributed by atoms with Crippen molar-refractivity contribution in [3.05, 3.63) is 48.0 Å². The minimum Gasteiger partial charge on any atom is -0.337 e. The smallest absolute Gasteiger partial charge is 0.272 e. The first-order chi connectivity index (χ1) is 15.7. The summed E-state index contributed by atoms with van der Waals surface area (Å²) in [4.78, 5) is 24.1. The van der Waals surface area contributed by atoms with Crippen LogP contribution in [0.15, 0.2) is 36.8 Å². The lowest BCUT2D eigenvalue weighted by Crippen LogP contribution is -2.32. The van der Waals surface area contributed by atoms with Crippen molar-refractivity contribution in [2.75, 3.05) is 13.1 Å². The third-order valence-corrected chi connectivity index (χ3v) is 6.06. The van der Waals surface area contributed by atoms with Crippen LogP contribution in [0.4, 0.5) is 0 Å². The Morgan fingerprint density at radius 3 is 2.69 bits per heavy atom. The van der Waals surface area contributed by atoms with E-state index in [0.717, 1.165) is 66.8 Å². The number of carbonyl (C=O) groups is 1. The van der Waals surface area contributed by atoms with Crippen molar-refractivity contribution in [2.45, 2.75) is 45.6 Å². The molecule has 0 saturated carbocycles. The summed E-state index contributed by atoms with van der Waals surface area (Å²) in [5, 5.41) is 15.0. The number of pyridine rings is 2. The van der Waals surface area contributed by atoms with Crippen molar-refractivity contribution in [2.24, 2.45) is 0 Å². The number of hydrogen-bond donors (Lipinski definition) is 0. The molecule has 1 saturated heterocycles. The molecule has 5 heterocycles. The molecule has 0 aromatic carbocycles. The fourth-order valence-corrected chi connectivity index (χ4v) is 4.42. The number of rotatable bonds is 4. The summed E-state index contributed by atoms with van der Waals surface area (Å²) in [5.41, 5.74) is 4.20. The predicted octanol–water partition coefficient (Wildman–Crippen LogP) is 4.04. The average molecular weight is 428 g/mol. The number of aryl methyl sites for hydroxylation is 1. The molecule has 1 aliphatic rings. The second kappa shape index (κ2) is 8.42. The summed E-state index contributed by atoms with van der Waals surface area (Å²) in [5.74, 6) is -0.00642. The van der Waals surface area contributed by atoms with Crippen LogP contribution >= 0.6 is 0 Å². The topological polar surface area (TPSA) is 92.1 Å². The highest BCUT2D eigenvalue weighted by molar-refractivity contribution is 5.99. The molecule has 0 unspecified atom stereocenters. The van der Waals surface area contributed by atoms with Crippen molar-refractivity contribution < 1.29 is 4.79 Å². The molecule has 4 aromatic rings. The van der Waals surface area contributed by atoms with Gasteiger partial charge in [0.1, 0.15) is 23.1 Å². The summed E-state index contributed by atoms with van der Waals surface area (Å²) in [7, 11) is 0. The zero-order chi connectivity index (χ0) is 22.1. The SMILES string of the molecule is CCCn1nc(-c2cnc3ccc(C#N)cn23)c2cnc(C(=O)N3CCCCCC3)cc21. The van der Waals surface area contributed by atoms with E-state index in [1.165, 1.54) is 12.8 Å². The first kappa shape index (κ1) is 20.2. The van der Waals surface area contributed by atoms with Gasteiger partial charge in [-0.05, 0) is 37.5 Å². The van der Waals surface area contributed by atoms with Crippen LogP contribution in [-0.4, -0.2) is 48.0 Å². The van der Waals surface area contributed by atoms with Gasteiger partial charge in [-0.3, -0.25) is 18.9 Å². The molecule has 1 amide bonds. The molecule has 8 nitrogen and oxygen atoms in total. The van der Waals surface area contributed by atoms with E-state index < -0.39 is 0 Å². The summed E-state index contributed by atoms with van der Waals surface area (Å²) in [6.07, 6.45) is 10.7. The van der Waals surface area contributed by atoms with Crippen LogP contribution in [0.5, 0.6) is 0 Å². The molecule has 32 heavy (non-hydrogen) atoms. The van der Waals surface area contributed by atoms with Gasteiger partial charge in [-0.1, -0.05) is 19.8 Å². The number of amides is 1. The van der Waals surface area contributed by atoms with Gasteiger partial charge in [0.25, 0.3) is 5.91 Å². The minimum atomic E-state index is -0.00642. The molecule has 0 radical (unpaired) electrons. The van der Waals surface area contributed by atoms with E-state index in [0.29, 0.717) is 11.3 Å². The largest absolute Gasteiger partial charge is 0.337 e. The Labute approximate surface area is 186 Å². The monoisotopic (exact) mass is 427 g/mol. The van der Waals surface area contributed by atoms with Gasteiger partial charge in [0.15, 0.2) is 0 Å². The number of nitrogens with zero attached hydrogens (tertiary/aromatic N) is 7. The third-order valence-electron chi connectivity index (χ3n) is 6.06. The number of imidazole rings is 1. The lowest BCUT2D eigenvalue weighted by Gasteiger charge is -2.19. The third kappa shape index (κ3) is 3.50. The van der Waals surface area contributed by atoms with Gasteiger partial charge in [0, 0.05) is 37.4 Å². The van der Waals surface area contributed by atoms with E-state index >= 15 is 0 Å². The van der Waals surface area contributed by atoms with Gasteiger partial charge in [-0.25, -0.2) is 4.98 Å².